The molecule has 1 aromatic heterocycles. The maximum Gasteiger partial charge on any atom is 0.227 e. The second-order valence-electron chi connectivity index (χ2n) is 8.39. The Balaban J connectivity index is 1.14. The summed E-state index contributed by atoms with van der Waals surface area (Å²) in [6, 6.07) is 29.9. The first-order chi connectivity index (χ1) is 16.2. The molecule has 166 valence electrons. The van der Waals surface area contributed by atoms with Crippen molar-refractivity contribution in [1.82, 2.24) is 14.8 Å². The van der Waals surface area contributed by atoms with E-state index in [0.29, 0.717) is 6.42 Å². The predicted octanol–water partition coefficient (Wildman–Crippen LogP) is 4.91. The van der Waals surface area contributed by atoms with E-state index in [0.717, 1.165) is 66.4 Å². The summed E-state index contributed by atoms with van der Waals surface area (Å²) in [6.45, 7) is 4.01. The van der Waals surface area contributed by atoms with E-state index in [-0.39, 0.29) is 5.91 Å². The van der Waals surface area contributed by atoms with Gasteiger partial charge in [-0.2, -0.15) is 0 Å². The highest BCUT2D eigenvalue weighted by Crippen LogP contribution is 2.22. The van der Waals surface area contributed by atoms with Gasteiger partial charge in [0.1, 0.15) is 11.5 Å². The highest BCUT2D eigenvalue weighted by Gasteiger charge is 2.21. The Hall–Kier alpha value is -3.70. The van der Waals surface area contributed by atoms with Crippen molar-refractivity contribution < 1.29 is 9.53 Å². The fourth-order valence-electron chi connectivity index (χ4n) is 4.21. The summed E-state index contributed by atoms with van der Waals surface area (Å²) in [5.41, 5.74) is 3.07. The first-order valence-electron chi connectivity index (χ1n) is 11.4. The number of rotatable bonds is 6. The molecule has 5 nitrogen and oxygen atoms in total. The molecule has 1 saturated heterocycles. The van der Waals surface area contributed by atoms with Crippen LogP contribution in [-0.4, -0.2) is 46.9 Å². The van der Waals surface area contributed by atoms with Crippen LogP contribution in [0.1, 0.15) is 11.3 Å². The van der Waals surface area contributed by atoms with Crippen LogP contribution in [0.4, 0.5) is 0 Å². The number of hydrogen-bond donors (Lipinski definition) is 0. The van der Waals surface area contributed by atoms with Gasteiger partial charge in [0.15, 0.2) is 0 Å². The molecular weight excluding hydrogens is 410 g/mol. The molecule has 2 heterocycles. The number of carbonyl (C=O) groups is 1. The maximum absolute atomic E-state index is 12.9. The molecule has 0 unspecified atom stereocenters. The largest absolute Gasteiger partial charge is 0.457 e. The first kappa shape index (κ1) is 21.2. The number of benzene rings is 3. The van der Waals surface area contributed by atoms with Crippen molar-refractivity contribution in [1.29, 1.82) is 0 Å². The second-order valence-corrected chi connectivity index (χ2v) is 8.39. The van der Waals surface area contributed by atoms with E-state index < -0.39 is 0 Å². The molecule has 1 aliphatic heterocycles. The molecule has 0 atom stereocenters. The van der Waals surface area contributed by atoms with E-state index >= 15 is 0 Å². The van der Waals surface area contributed by atoms with E-state index in [1.165, 1.54) is 0 Å². The average molecular weight is 438 g/mol. The molecule has 1 amide bonds. The number of carbonyl (C=O) groups excluding carboxylic acids is 1. The third-order valence-corrected chi connectivity index (χ3v) is 6.00. The van der Waals surface area contributed by atoms with Crippen molar-refractivity contribution in [3.63, 3.8) is 0 Å². The van der Waals surface area contributed by atoms with Gasteiger partial charge in [-0.05, 0) is 42.0 Å². The Morgan fingerprint density at radius 2 is 1.55 bits per heavy atom. The van der Waals surface area contributed by atoms with Crippen LogP contribution in [0, 0.1) is 0 Å². The summed E-state index contributed by atoms with van der Waals surface area (Å²) in [5.74, 6) is 1.70. The van der Waals surface area contributed by atoms with Crippen molar-refractivity contribution >= 4 is 16.8 Å². The predicted molar refractivity (Wildman–Crippen MR) is 130 cm³/mol. The van der Waals surface area contributed by atoms with Crippen molar-refractivity contribution in [2.24, 2.45) is 0 Å². The Morgan fingerprint density at radius 1 is 0.788 bits per heavy atom. The zero-order chi connectivity index (χ0) is 22.5. The minimum absolute atomic E-state index is 0.162. The summed E-state index contributed by atoms with van der Waals surface area (Å²) < 4.78 is 5.91. The van der Waals surface area contributed by atoms with E-state index in [9.17, 15) is 4.79 Å². The van der Waals surface area contributed by atoms with Crippen molar-refractivity contribution in [2.45, 2.75) is 13.0 Å². The van der Waals surface area contributed by atoms with Crippen molar-refractivity contribution in [3.05, 3.63) is 102 Å². The van der Waals surface area contributed by atoms with E-state index in [1.807, 2.05) is 71.6 Å². The maximum atomic E-state index is 12.9. The zero-order valence-corrected chi connectivity index (χ0v) is 18.6. The second kappa shape index (κ2) is 9.84. The molecule has 0 radical (unpaired) electrons. The molecule has 0 N–H and O–H groups in total. The molecule has 1 fully saturated rings. The van der Waals surface area contributed by atoms with Gasteiger partial charge in [-0.25, -0.2) is 0 Å². The van der Waals surface area contributed by atoms with E-state index in [2.05, 4.69) is 29.2 Å². The number of amides is 1. The van der Waals surface area contributed by atoms with E-state index in [4.69, 9.17) is 9.72 Å². The summed E-state index contributed by atoms with van der Waals surface area (Å²) in [4.78, 5) is 22.0. The number of fused-ring (bicyclic) bond motifs is 1. The standard InChI is InChI=1S/C28H27N3O2/c32-28(20-22-7-6-11-26(19-22)33-25-9-2-1-3-10-25)31-17-15-30(16-18-31)21-24-14-13-23-8-4-5-12-27(23)29-24/h1-14,19H,15-18,20-21H2. The minimum Gasteiger partial charge on any atom is -0.457 e. The number of ether oxygens (including phenoxy) is 1. The fourth-order valence-corrected chi connectivity index (χ4v) is 4.21. The van der Waals surface area contributed by atoms with Crippen LogP contribution >= 0.6 is 0 Å². The van der Waals surface area contributed by atoms with Gasteiger partial charge in [-0.1, -0.05) is 54.6 Å². The Morgan fingerprint density at radius 3 is 2.39 bits per heavy atom. The fraction of sp³-hybridized carbons (Fsp3) is 0.214. The topological polar surface area (TPSA) is 45.7 Å². The smallest absolute Gasteiger partial charge is 0.227 e. The van der Waals surface area contributed by atoms with Crippen LogP contribution in [0.5, 0.6) is 11.5 Å². The molecular formula is C28H27N3O2. The lowest BCUT2D eigenvalue weighted by Gasteiger charge is -2.34. The summed E-state index contributed by atoms with van der Waals surface area (Å²) in [5, 5.41) is 1.16. The number of piperazine rings is 1. The molecule has 1 aliphatic rings. The number of nitrogens with zero attached hydrogens (tertiary/aromatic N) is 3. The number of para-hydroxylation sites is 2. The minimum atomic E-state index is 0.162. The van der Waals surface area contributed by atoms with Gasteiger partial charge in [-0.3, -0.25) is 14.7 Å². The lowest BCUT2D eigenvalue weighted by Crippen LogP contribution is -2.48. The van der Waals surface area contributed by atoms with Gasteiger partial charge in [0, 0.05) is 38.1 Å². The van der Waals surface area contributed by atoms with E-state index in [1.54, 1.807) is 0 Å². The van der Waals surface area contributed by atoms with Crippen LogP contribution in [0.3, 0.4) is 0 Å². The number of aromatic nitrogens is 1. The highest BCUT2D eigenvalue weighted by atomic mass is 16.5. The quantitative estimate of drug-likeness (QED) is 0.430. The van der Waals surface area contributed by atoms with Crippen molar-refractivity contribution in [3.8, 4) is 11.5 Å². The summed E-state index contributed by atoms with van der Waals surface area (Å²) in [7, 11) is 0. The molecule has 0 bridgehead atoms. The first-order valence-corrected chi connectivity index (χ1v) is 11.4. The van der Waals surface area contributed by atoms with Crippen LogP contribution < -0.4 is 4.74 Å². The molecule has 3 aromatic carbocycles. The molecule has 4 aromatic rings. The summed E-state index contributed by atoms with van der Waals surface area (Å²) in [6.07, 6.45) is 0.387. The van der Waals surface area contributed by atoms with Crippen LogP contribution in [0.15, 0.2) is 91.0 Å². The Labute approximate surface area is 194 Å². The molecule has 33 heavy (non-hydrogen) atoms. The van der Waals surface area contributed by atoms with Gasteiger partial charge in [0.25, 0.3) is 0 Å². The number of pyridine rings is 1. The van der Waals surface area contributed by atoms with Gasteiger partial charge in [-0.15, -0.1) is 0 Å². The van der Waals surface area contributed by atoms with Crippen LogP contribution in [0.2, 0.25) is 0 Å². The lowest BCUT2D eigenvalue weighted by atomic mass is 10.1. The summed E-state index contributed by atoms with van der Waals surface area (Å²) >= 11 is 0. The van der Waals surface area contributed by atoms with Crippen molar-refractivity contribution in [2.75, 3.05) is 26.2 Å². The van der Waals surface area contributed by atoms with Gasteiger partial charge in [0.2, 0.25) is 5.91 Å². The molecule has 5 heteroatoms. The average Bonchev–Trinajstić information content (AvgIpc) is 2.85. The van der Waals surface area contributed by atoms with Gasteiger partial charge in [0.05, 0.1) is 17.6 Å². The Kier molecular flexibility index (Phi) is 6.31. The zero-order valence-electron chi connectivity index (χ0n) is 18.6. The Bertz CT molecular complexity index is 1230. The third-order valence-electron chi connectivity index (χ3n) is 6.00. The van der Waals surface area contributed by atoms with Gasteiger partial charge >= 0.3 is 0 Å². The molecule has 0 saturated carbocycles. The SMILES string of the molecule is O=C(Cc1cccc(Oc2ccccc2)c1)N1CCN(Cc2ccc3ccccc3n2)CC1. The van der Waals surface area contributed by atoms with Gasteiger partial charge < -0.3 is 9.64 Å². The molecule has 5 rings (SSSR count). The normalized spacial score (nSPS) is 14.4. The molecule has 0 spiro atoms. The number of hydrogen-bond acceptors (Lipinski definition) is 4. The highest BCUT2D eigenvalue weighted by molar-refractivity contribution is 5.79. The monoisotopic (exact) mass is 437 g/mol. The molecule has 0 aliphatic carbocycles. The van der Waals surface area contributed by atoms with Crippen LogP contribution in [0.25, 0.3) is 10.9 Å². The van der Waals surface area contributed by atoms with Crippen LogP contribution in [-0.2, 0) is 17.8 Å². The third kappa shape index (κ3) is 5.38. The lowest BCUT2D eigenvalue weighted by molar-refractivity contribution is -0.132.